The lowest BCUT2D eigenvalue weighted by molar-refractivity contribution is -0.145. The summed E-state index contributed by atoms with van der Waals surface area (Å²) in [5, 5.41) is 5.72. The van der Waals surface area contributed by atoms with E-state index in [4.69, 9.17) is 16.3 Å². The van der Waals surface area contributed by atoms with Crippen molar-refractivity contribution in [3.05, 3.63) is 88.4 Å². The Kier molecular flexibility index (Phi) is 8.27. The van der Waals surface area contributed by atoms with Gasteiger partial charge in [0.2, 0.25) is 11.8 Å². The van der Waals surface area contributed by atoms with E-state index in [1.54, 1.807) is 68.4 Å². The molecule has 0 spiro atoms. The maximum Gasteiger partial charge on any atom is 0.328 e. The summed E-state index contributed by atoms with van der Waals surface area (Å²) in [6, 6.07) is 16.0. The standard InChI is InChI=1S/C28H28ClN3O6S/c1-17-14-25(18(2)13-20(17)29)39(36,37)32-23-12-8-7-11-21(23)31-27(34)24(32)16-26(33)30-22(28(35)38-3)15-19-9-5-4-6-10-19/h4-14,22,24H,15-16H2,1-3H3,(H,30,33)(H,31,34)/t22-,24-/m1/s1. The molecule has 0 radical (unpaired) electrons. The SMILES string of the molecule is COC(=O)[C@@H](Cc1ccccc1)NC(=O)C[C@@H]1C(=O)Nc2ccccc2N1S(=O)(=O)c1cc(C)c(Cl)cc1C. The minimum absolute atomic E-state index is 0.0316. The molecule has 3 aromatic rings. The highest BCUT2D eigenvalue weighted by Gasteiger charge is 2.43. The lowest BCUT2D eigenvalue weighted by Crippen LogP contribution is -2.54. The van der Waals surface area contributed by atoms with Gasteiger partial charge in [0.05, 0.1) is 29.8 Å². The van der Waals surface area contributed by atoms with Crippen LogP contribution < -0.4 is 14.9 Å². The number of para-hydroxylation sites is 2. The number of anilines is 2. The zero-order valence-electron chi connectivity index (χ0n) is 21.6. The third-order valence-corrected chi connectivity index (χ3v) is 8.83. The van der Waals surface area contributed by atoms with E-state index in [1.165, 1.54) is 13.2 Å². The van der Waals surface area contributed by atoms with Crippen LogP contribution in [0.4, 0.5) is 11.4 Å². The Bertz CT molecular complexity index is 1530. The van der Waals surface area contributed by atoms with E-state index in [2.05, 4.69) is 10.6 Å². The first-order chi connectivity index (χ1) is 18.5. The van der Waals surface area contributed by atoms with E-state index in [-0.39, 0.29) is 17.0 Å². The Morgan fingerprint density at radius 1 is 1.05 bits per heavy atom. The number of carbonyl (C=O) groups excluding carboxylic acids is 3. The Morgan fingerprint density at radius 3 is 2.41 bits per heavy atom. The van der Waals surface area contributed by atoms with E-state index in [9.17, 15) is 22.8 Å². The second-order valence-electron chi connectivity index (χ2n) is 9.23. The summed E-state index contributed by atoms with van der Waals surface area (Å²) in [5.74, 6) is -2.03. The summed E-state index contributed by atoms with van der Waals surface area (Å²) in [4.78, 5) is 38.9. The van der Waals surface area contributed by atoms with Crippen LogP contribution in [0.2, 0.25) is 5.02 Å². The number of benzene rings is 3. The van der Waals surface area contributed by atoms with Crippen molar-refractivity contribution in [1.82, 2.24) is 5.32 Å². The fourth-order valence-corrected chi connectivity index (χ4v) is 6.63. The second kappa shape index (κ2) is 11.5. The number of methoxy groups -OCH3 is 1. The van der Waals surface area contributed by atoms with Gasteiger partial charge in [-0.1, -0.05) is 54.1 Å². The van der Waals surface area contributed by atoms with Gasteiger partial charge in [0.15, 0.2) is 0 Å². The first-order valence-electron chi connectivity index (χ1n) is 12.1. The van der Waals surface area contributed by atoms with Crippen LogP contribution in [0.15, 0.2) is 71.6 Å². The van der Waals surface area contributed by atoms with Crippen molar-refractivity contribution in [1.29, 1.82) is 0 Å². The topological polar surface area (TPSA) is 122 Å². The number of hydrogen-bond acceptors (Lipinski definition) is 6. The highest BCUT2D eigenvalue weighted by atomic mass is 35.5. The molecule has 0 aromatic heterocycles. The van der Waals surface area contributed by atoms with Gasteiger partial charge in [0.1, 0.15) is 12.1 Å². The third-order valence-electron chi connectivity index (χ3n) is 6.46. The molecular weight excluding hydrogens is 542 g/mol. The summed E-state index contributed by atoms with van der Waals surface area (Å²) in [7, 11) is -3.12. The Morgan fingerprint density at radius 2 is 1.72 bits per heavy atom. The van der Waals surface area contributed by atoms with Crippen LogP contribution in [-0.4, -0.2) is 45.4 Å². The zero-order chi connectivity index (χ0) is 28.3. The fourth-order valence-electron chi connectivity index (χ4n) is 4.49. The van der Waals surface area contributed by atoms with E-state index in [0.29, 0.717) is 21.8 Å². The van der Waals surface area contributed by atoms with Gasteiger partial charge in [-0.3, -0.25) is 13.9 Å². The molecule has 204 valence electrons. The van der Waals surface area contributed by atoms with Crippen molar-refractivity contribution < 1.29 is 27.5 Å². The number of amides is 2. The van der Waals surface area contributed by atoms with Gasteiger partial charge in [-0.15, -0.1) is 0 Å². The van der Waals surface area contributed by atoms with Crippen molar-refractivity contribution in [2.45, 2.75) is 43.7 Å². The predicted octanol–water partition coefficient (Wildman–Crippen LogP) is 3.76. The maximum absolute atomic E-state index is 14.1. The molecule has 39 heavy (non-hydrogen) atoms. The van der Waals surface area contributed by atoms with Gasteiger partial charge in [0.25, 0.3) is 10.0 Å². The van der Waals surface area contributed by atoms with Gasteiger partial charge in [-0.05, 0) is 54.8 Å². The molecule has 3 aromatic carbocycles. The fraction of sp³-hybridized carbons (Fsp3) is 0.250. The monoisotopic (exact) mass is 569 g/mol. The highest BCUT2D eigenvalue weighted by molar-refractivity contribution is 7.93. The van der Waals surface area contributed by atoms with Crippen molar-refractivity contribution in [2.24, 2.45) is 0 Å². The van der Waals surface area contributed by atoms with E-state index in [1.807, 2.05) is 6.07 Å². The third kappa shape index (κ3) is 5.91. The molecule has 2 atom stereocenters. The molecule has 2 amide bonds. The van der Waals surface area contributed by atoms with Gasteiger partial charge in [-0.2, -0.15) is 0 Å². The van der Waals surface area contributed by atoms with E-state index < -0.39 is 46.3 Å². The van der Waals surface area contributed by atoms with Gasteiger partial charge in [0, 0.05) is 11.4 Å². The minimum atomic E-state index is -4.33. The van der Waals surface area contributed by atoms with Gasteiger partial charge in [-0.25, -0.2) is 13.2 Å². The molecule has 1 aliphatic heterocycles. The van der Waals surface area contributed by atoms with Crippen molar-refractivity contribution in [3.8, 4) is 0 Å². The smallest absolute Gasteiger partial charge is 0.328 e. The molecule has 0 unspecified atom stereocenters. The highest BCUT2D eigenvalue weighted by Crippen LogP contribution is 2.38. The van der Waals surface area contributed by atoms with Crippen LogP contribution in [0.1, 0.15) is 23.1 Å². The lowest BCUT2D eigenvalue weighted by Gasteiger charge is -2.37. The van der Waals surface area contributed by atoms with Crippen LogP contribution in [0, 0.1) is 13.8 Å². The van der Waals surface area contributed by atoms with Crippen molar-refractivity contribution in [3.63, 3.8) is 0 Å². The van der Waals surface area contributed by atoms with Crippen LogP contribution in [-0.2, 0) is 35.6 Å². The van der Waals surface area contributed by atoms with E-state index >= 15 is 0 Å². The Hall–Kier alpha value is -3.89. The van der Waals surface area contributed by atoms with E-state index in [0.717, 1.165) is 9.87 Å². The number of nitrogens with zero attached hydrogens (tertiary/aromatic N) is 1. The molecule has 1 heterocycles. The number of hydrogen-bond donors (Lipinski definition) is 2. The molecule has 0 aliphatic carbocycles. The van der Waals surface area contributed by atoms with Gasteiger partial charge < -0.3 is 15.4 Å². The number of fused-ring (bicyclic) bond motifs is 1. The van der Waals surface area contributed by atoms with Crippen LogP contribution in [0.3, 0.4) is 0 Å². The molecule has 2 N–H and O–H groups in total. The molecule has 0 saturated carbocycles. The Labute approximate surface area is 232 Å². The lowest BCUT2D eigenvalue weighted by atomic mass is 10.0. The van der Waals surface area contributed by atoms with Crippen molar-refractivity contribution >= 4 is 50.8 Å². The number of ether oxygens (including phenoxy) is 1. The normalized spacial score (nSPS) is 15.6. The quantitative estimate of drug-likeness (QED) is 0.398. The molecule has 9 nitrogen and oxygen atoms in total. The zero-order valence-corrected chi connectivity index (χ0v) is 23.2. The van der Waals surface area contributed by atoms with Gasteiger partial charge >= 0.3 is 5.97 Å². The molecule has 0 saturated heterocycles. The molecule has 4 rings (SSSR count). The molecule has 0 bridgehead atoms. The average molecular weight is 570 g/mol. The largest absolute Gasteiger partial charge is 0.467 e. The predicted molar refractivity (Wildman–Crippen MR) is 148 cm³/mol. The summed E-state index contributed by atoms with van der Waals surface area (Å²) < 4.78 is 34.0. The minimum Gasteiger partial charge on any atom is -0.467 e. The Balaban J connectivity index is 1.69. The number of esters is 1. The number of carbonyl (C=O) groups is 3. The number of rotatable bonds is 8. The number of aryl methyl sites for hydroxylation is 2. The molecule has 0 fully saturated rings. The summed E-state index contributed by atoms with van der Waals surface area (Å²) >= 11 is 6.20. The summed E-state index contributed by atoms with van der Waals surface area (Å²) in [6.45, 7) is 3.29. The van der Waals surface area contributed by atoms with Crippen molar-refractivity contribution in [2.75, 3.05) is 16.7 Å². The summed E-state index contributed by atoms with van der Waals surface area (Å²) in [6.07, 6.45) is -0.377. The molecular formula is C28H28ClN3O6S. The number of sulfonamides is 1. The van der Waals surface area contributed by atoms with Crippen LogP contribution in [0.25, 0.3) is 0 Å². The first-order valence-corrected chi connectivity index (χ1v) is 14.0. The maximum atomic E-state index is 14.1. The summed E-state index contributed by atoms with van der Waals surface area (Å²) in [5.41, 5.74) is 2.24. The number of halogens is 1. The number of nitrogens with one attached hydrogen (secondary N) is 2. The van der Waals surface area contributed by atoms with Crippen LogP contribution >= 0.6 is 11.6 Å². The molecule has 11 heteroatoms. The average Bonchev–Trinajstić information content (AvgIpc) is 2.90. The second-order valence-corrected chi connectivity index (χ2v) is 11.4. The van der Waals surface area contributed by atoms with Crippen LogP contribution in [0.5, 0.6) is 0 Å². The first kappa shape index (κ1) is 28.1. The molecule has 1 aliphatic rings.